The third-order valence-corrected chi connectivity index (χ3v) is 2.09. The standard InChI is InChI=1S/C9H16O2/c1-8(10)5-6-9-4-2-3-7-11-9/h9H,2-7H2,1H3. The molecule has 0 N–H and O–H groups in total. The molecule has 0 aromatic rings. The van der Waals surface area contributed by atoms with Gasteiger partial charge in [0.15, 0.2) is 0 Å². The second-order valence-electron chi connectivity index (χ2n) is 3.23. The van der Waals surface area contributed by atoms with Crippen LogP contribution in [-0.4, -0.2) is 18.5 Å². The highest BCUT2D eigenvalue weighted by atomic mass is 16.5. The van der Waals surface area contributed by atoms with E-state index < -0.39 is 0 Å². The molecule has 1 saturated heterocycles. The molecule has 1 aliphatic heterocycles. The van der Waals surface area contributed by atoms with Gasteiger partial charge in [-0.3, -0.25) is 0 Å². The Morgan fingerprint density at radius 1 is 1.55 bits per heavy atom. The van der Waals surface area contributed by atoms with Crippen LogP contribution in [0, 0.1) is 0 Å². The highest BCUT2D eigenvalue weighted by Crippen LogP contribution is 2.16. The van der Waals surface area contributed by atoms with Gasteiger partial charge in [-0.1, -0.05) is 0 Å². The molecule has 0 saturated carbocycles. The van der Waals surface area contributed by atoms with Crippen molar-refractivity contribution in [2.45, 2.75) is 45.1 Å². The van der Waals surface area contributed by atoms with Crippen molar-refractivity contribution >= 4 is 5.78 Å². The molecule has 0 aromatic heterocycles. The molecular weight excluding hydrogens is 140 g/mol. The van der Waals surface area contributed by atoms with E-state index in [0.29, 0.717) is 12.5 Å². The maximum Gasteiger partial charge on any atom is 0.129 e. The summed E-state index contributed by atoms with van der Waals surface area (Å²) in [7, 11) is 0. The topological polar surface area (TPSA) is 26.3 Å². The number of ether oxygens (including phenoxy) is 1. The molecule has 64 valence electrons. The van der Waals surface area contributed by atoms with Crippen LogP contribution in [0.5, 0.6) is 0 Å². The molecule has 0 bridgehead atoms. The van der Waals surface area contributed by atoms with Crippen LogP contribution in [-0.2, 0) is 9.53 Å². The highest BCUT2D eigenvalue weighted by Gasteiger charge is 2.13. The fourth-order valence-corrected chi connectivity index (χ4v) is 1.40. The molecule has 1 aliphatic rings. The van der Waals surface area contributed by atoms with Gasteiger partial charge in [-0.2, -0.15) is 0 Å². The van der Waals surface area contributed by atoms with Gasteiger partial charge in [-0.25, -0.2) is 0 Å². The average molecular weight is 156 g/mol. The van der Waals surface area contributed by atoms with Gasteiger partial charge < -0.3 is 9.53 Å². The van der Waals surface area contributed by atoms with E-state index in [0.717, 1.165) is 19.4 Å². The summed E-state index contributed by atoms with van der Waals surface area (Å²) in [5, 5.41) is 0. The van der Waals surface area contributed by atoms with Crippen molar-refractivity contribution in [2.75, 3.05) is 6.61 Å². The van der Waals surface area contributed by atoms with Crippen LogP contribution < -0.4 is 0 Å². The van der Waals surface area contributed by atoms with E-state index in [4.69, 9.17) is 4.74 Å². The van der Waals surface area contributed by atoms with Crippen LogP contribution in [0.25, 0.3) is 0 Å². The van der Waals surface area contributed by atoms with Gasteiger partial charge in [-0.05, 0) is 32.6 Å². The van der Waals surface area contributed by atoms with E-state index in [1.165, 1.54) is 12.8 Å². The van der Waals surface area contributed by atoms with E-state index in [1.54, 1.807) is 6.92 Å². The molecule has 0 amide bonds. The van der Waals surface area contributed by atoms with Gasteiger partial charge in [0.25, 0.3) is 0 Å². The zero-order valence-electron chi connectivity index (χ0n) is 7.14. The Morgan fingerprint density at radius 2 is 2.36 bits per heavy atom. The Balaban J connectivity index is 2.09. The molecule has 0 aromatic carbocycles. The second-order valence-corrected chi connectivity index (χ2v) is 3.23. The summed E-state index contributed by atoms with van der Waals surface area (Å²) in [4.78, 5) is 10.6. The van der Waals surface area contributed by atoms with Gasteiger partial charge in [-0.15, -0.1) is 0 Å². The van der Waals surface area contributed by atoms with E-state index in [-0.39, 0.29) is 5.78 Å². The van der Waals surface area contributed by atoms with Crippen molar-refractivity contribution < 1.29 is 9.53 Å². The van der Waals surface area contributed by atoms with Crippen LogP contribution in [0.1, 0.15) is 39.0 Å². The normalized spacial score (nSPS) is 25.0. The first-order valence-corrected chi connectivity index (χ1v) is 4.40. The van der Waals surface area contributed by atoms with E-state index in [9.17, 15) is 4.79 Å². The Bertz CT molecular complexity index is 126. The first-order valence-electron chi connectivity index (χ1n) is 4.40. The highest BCUT2D eigenvalue weighted by molar-refractivity contribution is 5.75. The van der Waals surface area contributed by atoms with Crippen LogP contribution in [0.3, 0.4) is 0 Å². The molecule has 2 nitrogen and oxygen atoms in total. The minimum atomic E-state index is 0.277. The number of carbonyl (C=O) groups is 1. The van der Waals surface area contributed by atoms with Crippen molar-refractivity contribution in [3.8, 4) is 0 Å². The molecule has 2 heteroatoms. The van der Waals surface area contributed by atoms with Gasteiger partial charge in [0.1, 0.15) is 5.78 Å². The fourth-order valence-electron chi connectivity index (χ4n) is 1.40. The summed E-state index contributed by atoms with van der Waals surface area (Å²) in [5.74, 6) is 0.277. The quantitative estimate of drug-likeness (QED) is 0.624. The molecule has 1 unspecified atom stereocenters. The fraction of sp³-hybridized carbons (Fsp3) is 0.889. The molecule has 1 rings (SSSR count). The number of hydrogen-bond acceptors (Lipinski definition) is 2. The predicted octanol–water partition coefficient (Wildman–Crippen LogP) is 1.92. The number of Topliss-reactive ketones (excluding diaryl/α,β-unsaturated/α-hetero) is 1. The second kappa shape index (κ2) is 4.50. The Morgan fingerprint density at radius 3 is 2.91 bits per heavy atom. The molecule has 1 heterocycles. The van der Waals surface area contributed by atoms with Crippen molar-refractivity contribution in [3.05, 3.63) is 0 Å². The molecule has 0 spiro atoms. The number of rotatable bonds is 3. The lowest BCUT2D eigenvalue weighted by Gasteiger charge is -2.21. The summed E-state index contributed by atoms with van der Waals surface area (Å²) in [5.41, 5.74) is 0. The van der Waals surface area contributed by atoms with Gasteiger partial charge in [0.05, 0.1) is 6.10 Å². The minimum Gasteiger partial charge on any atom is -0.378 e. The maximum atomic E-state index is 10.6. The summed E-state index contributed by atoms with van der Waals surface area (Å²) >= 11 is 0. The SMILES string of the molecule is CC(=O)CCC1CCCCO1. The van der Waals surface area contributed by atoms with Crippen LogP contribution in [0.2, 0.25) is 0 Å². The van der Waals surface area contributed by atoms with Crippen LogP contribution >= 0.6 is 0 Å². The molecule has 1 atom stereocenters. The molecular formula is C9H16O2. The minimum absolute atomic E-state index is 0.277. The zero-order valence-corrected chi connectivity index (χ0v) is 7.14. The summed E-state index contributed by atoms with van der Waals surface area (Å²) < 4.78 is 5.48. The zero-order chi connectivity index (χ0) is 8.10. The molecule has 0 radical (unpaired) electrons. The third-order valence-electron chi connectivity index (χ3n) is 2.09. The summed E-state index contributed by atoms with van der Waals surface area (Å²) in [6.07, 6.45) is 5.58. The van der Waals surface area contributed by atoms with Crippen molar-refractivity contribution in [3.63, 3.8) is 0 Å². The Kier molecular flexibility index (Phi) is 3.57. The largest absolute Gasteiger partial charge is 0.378 e. The Hall–Kier alpha value is -0.370. The predicted molar refractivity (Wildman–Crippen MR) is 43.5 cm³/mol. The first kappa shape index (κ1) is 8.72. The lowest BCUT2D eigenvalue weighted by atomic mass is 10.0. The van der Waals surface area contributed by atoms with Crippen LogP contribution in [0.4, 0.5) is 0 Å². The maximum absolute atomic E-state index is 10.6. The lowest BCUT2D eigenvalue weighted by molar-refractivity contribution is -0.118. The van der Waals surface area contributed by atoms with Crippen molar-refractivity contribution in [2.24, 2.45) is 0 Å². The summed E-state index contributed by atoms with van der Waals surface area (Å²) in [6.45, 7) is 2.53. The molecule has 11 heavy (non-hydrogen) atoms. The monoisotopic (exact) mass is 156 g/mol. The molecule has 0 aliphatic carbocycles. The van der Waals surface area contributed by atoms with Crippen LogP contribution in [0.15, 0.2) is 0 Å². The van der Waals surface area contributed by atoms with Gasteiger partial charge in [0.2, 0.25) is 0 Å². The average Bonchev–Trinajstić information content (AvgIpc) is 2.03. The number of hydrogen-bond donors (Lipinski definition) is 0. The third kappa shape index (κ3) is 3.51. The Labute approximate surface area is 67.9 Å². The lowest BCUT2D eigenvalue weighted by Crippen LogP contribution is -2.19. The van der Waals surface area contributed by atoms with Crippen molar-refractivity contribution in [1.29, 1.82) is 0 Å². The van der Waals surface area contributed by atoms with Gasteiger partial charge in [0, 0.05) is 13.0 Å². The number of carbonyl (C=O) groups excluding carboxylic acids is 1. The van der Waals surface area contributed by atoms with E-state index >= 15 is 0 Å². The van der Waals surface area contributed by atoms with Gasteiger partial charge >= 0.3 is 0 Å². The smallest absolute Gasteiger partial charge is 0.129 e. The van der Waals surface area contributed by atoms with E-state index in [2.05, 4.69) is 0 Å². The van der Waals surface area contributed by atoms with Crippen molar-refractivity contribution in [1.82, 2.24) is 0 Å². The van der Waals surface area contributed by atoms with E-state index in [1.807, 2.05) is 0 Å². The number of ketones is 1. The molecule has 1 fully saturated rings. The first-order chi connectivity index (χ1) is 5.29. The summed E-state index contributed by atoms with van der Waals surface area (Å²) in [6, 6.07) is 0.